The summed E-state index contributed by atoms with van der Waals surface area (Å²) >= 11 is 0. The Morgan fingerprint density at radius 3 is 2.58 bits per heavy atom. The van der Waals surface area contributed by atoms with Crippen LogP contribution in [0, 0.1) is 5.92 Å². The second kappa shape index (κ2) is 8.58. The molecule has 0 amide bonds. The number of carbonyl (C=O) groups is 1. The summed E-state index contributed by atoms with van der Waals surface area (Å²) in [4.78, 5) is 13.4. The Morgan fingerprint density at radius 1 is 1.25 bits per heavy atom. The van der Waals surface area contributed by atoms with Crippen LogP contribution in [0.4, 0.5) is 0 Å². The van der Waals surface area contributed by atoms with E-state index < -0.39 is 0 Å². The van der Waals surface area contributed by atoms with Crippen LogP contribution < -0.4 is 26.8 Å². The smallest absolute Gasteiger partial charge is 0.309 e. The molecule has 2 aliphatic rings. The Labute approximate surface area is 149 Å². The number of likely N-dealkylation sites (tertiary alicyclic amines) is 1. The molecule has 2 heterocycles. The molecular formula is C18H26ClNO4. The van der Waals surface area contributed by atoms with Crippen LogP contribution in [0.25, 0.3) is 0 Å². The van der Waals surface area contributed by atoms with Gasteiger partial charge in [0, 0.05) is 12.8 Å². The molecule has 24 heavy (non-hydrogen) atoms. The first-order valence-electron chi connectivity index (χ1n) is 8.54. The van der Waals surface area contributed by atoms with Crippen molar-refractivity contribution in [1.29, 1.82) is 0 Å². The lowest BCUT2D eigenvalue weighted by molar-refractivity contribution is -0.908. The predicted molar refractivity (Wildman–Crippen MR) is 85.9 cm³/mol. The van der Waals surface area contributed by atoms with E-state index in [1.165, 1.54) is 4.90 Å². The summed E-state index contributed by atoms with van der Waals surface area (Å²) in [5.74, 6) is 1.68. The fraction of sp³-hybridized carbons (Fsp3) is 0.611. The van der Waals surface area contributed by atoms with Crippen LogP contribution in [0.3, 0.4) is 0 Å². The molecule has 1 unspecified atom stereocenters. The van der Waals surface area contributed by atoms with Crippen LogP contribution in [-0.4, -0.2) is 44.4 Å². The van der Waals surface area contributed by atoms with Gasteiger partial charge in [0.2, 0.25) is 0 Å². The first-order chi connectivity index (χ1) is 11.1. The quantitative estimate of drug-likeness (QED) is 0.640. The number of piperidine rings is 1. The highest BCUT2D eigenvalue weighted by Crippen LogP contribution is 2.30. The number of nitrogens with one attached hydrogen (secondary N) is 1. The first-order valence-corrected chi connectivity index (χ1v) is 8.54. The molecule has 1 saturated heterocycles. The van der Waals surface area contributed by atoms with Gasteiger partial charge in [-0.05, 0) is 26.0 Å². The second-order valence-electron chi connectivity index (χ2n) is 6.71. The normalized spacial score (nSPS) is 25.7. The lowest BCUT2D eigenvalue weighted by Gasteiger charge is -2.32. The zero-order chi connectivity index (χ0) is 16.2. The van der Waals surface area contributed by atoms with Crippen molar-refractivity contribution in [3.63, 3.8) is 0 Å². The van der Waals surface area contributed by atoms with Gasteiger partial charge >= 0.3 is 5.97 Å². The molecule has 3 rings (SSSR count). The third-order valence-electron chi connectivity index (χ3n) is 4.46. The molecule has 2 aliphatic heterocycles. The third-order valence-corrected chi connectivity index (χ3v) is 4.46. The van der Waals surface area contributed by atoms with Crippen molar-refractivity contribution in [2.75, 3.05) is 26.2 Å². The van der Waals surface area contributed by atoms with Crippen LogP contribution in [-0.2, 0) is 9.53 Å². The molecule has 0 saturated carbocycles. The molecule has 0 spiro atoms. The summed E-state index contributed by atoms with van der Waals surface area (Å²) in [6.45, 7) is 7.28. The van der Waals surface area contributed by atoms with E-state index in [1.807, 2.05) is 38.1 Å². The van der Waals surface area contributed by atoms with Crippen LogP contribution in [0.5, 0.6) is 11.5 Å². The van der Waals surface area contributed by atoms with Gasteiger partial charge in [0.15, 0.2) is 17.6 Å². The lowest BCUT2D eigenvalue weighted by atomic mass is 9.96. The molecule has 0 bridgehead atoms. The summed E-state index contributed by atoms with van der Waals surface area (Å²) < 4.78 is 17.1. The first kappa shape index (κ1) is 18.9. The molecule has 134 valence electrons. The van der Waals surface area contributed by atoms with Crippen molar-refractivity contribution in [1.82, 2.24) is 0 Å². The largest absolute Gasteiger partial charge is 1.00 e. The molecule has 1 fully saturated rings. The van der Waals surface area contributed by atoms with E-state index in [-0.39, 0.29) is 36.5 Å². The standard InChI is InChI=1S/C18H25NO4.ClH/c1-13(2)22-18(20)14-7-9-19(10-8-14)11-15-12-21-16-5-3-4-6-17(16)23-15;/h3-6,13-15H,7-12H2,1-2H3;1H. The highest BCUT2D eigenvalue weighted by atomic mass is 35.5. The fourth-order valence-corrected chi connectivity index (χ4v) is 3.28. The molecule has 1 N–H and O–H groups in total. The SMILES string of the molecule is CC(C)OC(=O)C1CC[NH+](CC2COc3ccccc3O2)CC1.[Cl-]. The zero-order valence-corrected chi connectivity index (χ0v) is 15.1. The molecule has 0 radical (unpaired) electrons. The number of fused-ring (bicyclic) bond motifs is 1. The van der Waals surface area contributed by atoms with Crippen molar-refractivity contribution in [3.05, 3.63) is 24.3 Å². The van der Waals surface area contributed by atoms with E-state index in [1.54, 1.807) is 0 Å². The second-order valence-corrected chi connectivity index (χ2v) is 6.71. The topological polar surface area (TPSA) is 49.2 Å². The Balaban J connectivity index is 0.00000208. The average molecular weight is 356 g/mol. The maximum Gasteiger partial charge on any atom is 0.309 e. The molecule has 0 aromatic heterocycles. The minimum Gasteiger partial charge on any atom is -1.00 e. The highest BCUT2D eigenvalue weighted by molar-refractivity contribution is 5.72. The van der Waals surface area contributed by atoms with Crippen LogP contribution in [0.2, 0.25) is 0 Å². The molecule has 6 heteroatoms. The molecule has 5 nitrogen and oxygen atoms in total. The Hall–Kier alpha value is -1.46. The van der Waals surface area contributed by atoms with Crippen LogP contribution in [0.15, 0.2) is 24.3 Å². The Morgan fingerprint density at radius 2 is 1.92 bits per heavy atom. The van der Waals surface area contributed by atoms with Gasteiger partial charge in [-0.2, -0.15) is 0 Å². The number of quaternary nitrogens is 1. The Bertz CT molecular complexity index is 544. The number of hydrogen-bond donors (Lipinski definition) is 1. The summed E-state index contributed by atoms with van der Waals surface area (Å²) in [5, 5.41) is 0. The minimum absolute atomic E-state index is 0. The molecule has 1 atom stereocenters. The van der Waals surface area contributed by atoms with E-state index in [0.29, 0.717) is 6.61 Å². The van der Waals surface area contributed by atoms with Gasteiger partial charge in [0.25, 0.3) is 0 Å². The lowest BCUT2D eigenvalue weighted by Crippen LogP contribution is -3.14. The molecule has 0 aliphatic carbocycles. The number of para-hydroxylation sites is 2. The van der Waals surface area contributed by atoms with Gasteiger partial charge in [-0.15, -0.1) is 0 Å². The van der Waals surface area contributed by atoms with Crippen molar-refractivity contribution in [2.45, 2.75) is 38.9 Å². The van der Waals surface area contributed by atoms with Gasteiger partial charge < -0.3 is 31.5 Å². The zero-order valence-electron chi connectivity index (χ0n) is 14.3. The maximum atomic E-state index is 12.0. The average Bonchev–Trinajstić information content (AvgIpc) is 2.55. The monoisotopic (exact) mass is 355 g/mol. The number of carbonyl (C=O) groups excluding carboxylic acids is 1. The van der Waals surface area contributed by atoms with Gasteiger partial charge in [-0.25, -0.2) is 0 Å². The van der Waals surface area contributed by atoms with Crippen molar-refractivity contribution < 1.29 is 36.3 Å². The van der Waals surface area contributed by atoms with E-state index >= 15 is 0 Å². The third kappa shape index (κ3) is 4.77. The summed E-state index contributed by atoms with van der Waals surface area (Å²) in [6, 6.07) is 7.80. The van der Waals surface area contributed by atoms with Crippen LogP contribution >= 0.6 is 0 Å². The number of benzene rings is 1. The minimum atomic E-state index is -0.0368. The van der Waals surface area contributed by atoms with E-state index in [0.717, 1.165) is 44.0 Å². The summed E-state index contributed by atoms with van der Waals surface area (Å²) in [6.07, 6.45) is 1.84. The number of ether oxygens (including phenoxy) is 3. The van der Waals surface area contributed by atoms with E-state index in [4.69, 9.17) is 14.2 Å². The number of esters is 1. The van der Waals surface area contributed by atoms with E-state index in [9.17, 15) is 4.79 Å². The van der Waals surface area contributed by atoms with Gasteiger partial charge in [0.1, 0.15) is 13.2 Å². The van der Waals surface area contributed by atoms with Gasteiger partial charge in [-0.3, -0.25) is 4.79 Å². The molecule has 1 aromatic rings. The summed E-state index contributed by atoms with van der Waals surface area (Å²) in [7, 11) is 0. The van der Waals surface area contributed by atoms with Crippen molar-refractivity contribution >= 4 is 5.97 Å². The molecular weight excluding hydrogens is 330 g/mol. The number of hydrogen-bond acceptors (Lipinski definition) is 4. The number of rotatable bonds is 4. The maximum absolute atomic E-state index is 12.0. The van der Waals surface area contributed by atoms with Gasteiger partial charge in [0.05, 0.1) is 25.1 Å². The van der Waals surface area contributed by atoms with Crippen molar-refractivity contribution in [2.24, 2.45) is 5.92 Å². The van der Waals surface area contributed by atoms with Crippen LogP contribution in [0.1, 0.15) is 26.7 Å². The molecule has 1 aromatic carbocycles. The van der Waals surface area contributed by atoms with Crippen molar-refractivity contribution in [3.8, 4) is 11.5 Å². The fourth-order valence-electron chi connectivity index (χ4n) is 3.28. The predicted octanol–water partition coefficient (Wildman–Crippen LogP) is -1.92. The number of halogens is 1. The van der Waals surface area contributed by atoms with E-state index in [2.05, 4.69) is 0 Å². The summed E-state index contributed by atoms with van der Waals surface area (Å²) in [5.41, 5.74) is 0. The Kier molecular flexibility index (Phi) is 6.75. The van der Waals surface area contributed by atoms with Gasteiger partial charge in [-0.1, -0.05) is 12.1 Å². The highest BCUT2D eigenvalue weighted by Gasteiger charge is 2.32.